The van der Waals surface area contributed by atoms with E-state index >= 15 is 0 Å². The standard InChI is InChI=1S/C36H42N2O5/c1-39-35-7-3-5-31(23-35)26-38(25-29-9-13-33(14-10-29)37-17-19-41-20-18-37)34-15-11-30(12-16-34)27-42-21-22-43-28-32-6-4-8-36(24-32)40-2/h3-16,23-24H,17-22,25-28H2,1-2H3. The van der Waals surface area contributed by atoms with Gasteiger partial charge in [0.15, 0.2) is 0 Å². The Hall–Kier alpha value is -4.04. The van der Waals surface area contributed by atoms with Gasteiger partial charge in [0, 0.05) is 37.6 Å². The molecule has 0 N–H and O–H groups in total. The number of rotatable bonds is 15. The third-order valence-electron chi connectivity index (χ3n) is 7.54. The number of hydrogen-bond donors (Lipinski definition) is 0. The molecule has 7 heteroatoms. The summed E-state index contributed by atoms with van der Waals surface area (Å²) in [6.45, 7) is 7.16. The Morgan fingerprint density at radius 2 is 1.19 bits per heavy atom. The summed E-state index contributed by atoms with van der Waals surface area (Å²) in [5.74, 6) is 1.71. The van der Waals surface area contributed by atoms with Crippen LogP contribution in [0.4, 0.5) is 11.4 Å². The Kier molecular flexibility index (Phi) is 11.3. The molecule has 5 rings (SSSR count). The highest BCUT2D eigenvalue weighted by atomic mass is 16.5. The van der Waals surface area contributed by atoms with Crippen LogP contribution in [0.2, 0.25) is 0 Å². The van der Waals surface area contributed by atoms with Crippen molar-refractivity contribution in [3.8, 4) is 11.5 Å². The molecule has 0 saturated carbocycles. The summed E-state index contributed by atoms with van der Waals surface area (Å²) in [6, 6.07) is 33.8. The molecule has 7 nitrogen and oxygen atoms in total. The third kappa shape index (κ3) is 9.22. The number of nitrogens with zero attached hydrogens (tertiary/aromatic N) is 2. The second-order valence-corrected chi connectivity index (χ2v) is 10.6. The molecule has 0 amide bonds. The molecule has 226 valence electrons. The van der Waals surface area contributed by atoms with Crippen molar-refractivity contribution in [2.24, 2.45) is 0 Å². The summed E-state index contributed by atoms with van der Waals surface area (Å²) in [4.78, 5) is 4.78. The summed E-state index contributed by atoms with van der Waals surface area (Å²) < 4.78 is 27.9. The highest BCUT2D eigenvalue weighted by Crippen LogP contribution is 2.24. The van der Waals surface area contributed by atoms with Gasteiger partial charge in [-0.2, -0.15) is 0 Å². The molecule has 0 aliphatic carbocycles. The van der Waals surface area contributed by atoms with Gasteiger partial charge in [0.2, 0.25) is 0 Å². The number of hydrogen-bond acceptors (Lipinski definition) is 7. The fraction of sp³-hybridized carbons (Fsp3) is 0.333. The van der Waals surface area contributed by atoms with Crippen LogP contribution in [0.15, 0.2) is 97.1 Å². The molecule has 0 atom stereocenters. The lowest BCUT2D eigenvalue weighted by Crippen LogP contribution is -2.36. The molecule has 1 aliphatic heterocycles. The van der Waals surface area contributed by atoms with Crippen LogP contribution in [0.5, 0.6) is 11.5 Å². The van der Waals surface area contributed by atoms with Crippen LogP contribution in [0.25, 0.3) is 0 Å². The molecule has 1 heterocycles. The van der Waals surface area contributed by atoms with E-state index in [1.165, 1.54) is 16.8 Å². The predicted octanol–water partition coefficient (Wildman–Crippen LogP) is 6.48. The van der Waals surface area contributed by atoms with Crippen molar-refractivity contribution in [1.82, 2.24) is 0 Å². The van der Waals surface area contributed by atoms with Crippen molar-refractivity contribution in [3.63, 3.8) is 0 Å². The molecule has 4 aromatic rings. The number of methoxy groups -OCH3 is 2. The highest BCUT2D eigenvalue weighted by Gasteiger charge is 2.13. The van der Waals surface area contributed by atoms with Gasteiger partial charge in [-0.3, -0.25) is 0 Å². The first-order valence-corrected chi connectivity index (χ1v) is 14.9. The van der Waals surface area contributed by atoms with E-state index in [9.17, 15) is 0 Å². The zero-order valence-electron chi connectivity index (χ0n) is 25.2. The van der Waals surface area contributed by atoms with Crippen LogP contribution < -0.4 is 19.3 Å². The molecule has 0 bridgehead atoms. The Labute approximate surface area is 255 Å². The topological polar surface area (TPSA) is 52.6 Å². The number of morpholine rings is 1. The molecule has 1 aliphatic rings. The lowest BCUT2D eigenvalue weighted by molar-refractivity contribution is 0.0338. The number of anilines is 2. The largest absolute Gasteiger partial charge is 0.497 e. The van der Waals surface area contributed by atoms with Gasteiger partial charge >= 0.3 is 0 Å². The second kappa shape index (κ2) is 16.0. The summed E-state index contributed by atoms with van der Waals surface area (Å²) in [5, 5.41) is 0. The lowest BCUT2D eigenvalue weighted by atomic mass is 10.1. The van der Waals surface area contributed by atoms with E-state index in [1.54, 1.807) is 14.2 Å². The average Bonchev–Trinajstić information content (AvgIpc) is 3.07. The van der Waals surface area contributed by atoms with E-state index in [4.69, 9.17) is 23.7 Å². The summed E-state index contributed by atoms with van der Waals surface area (Å²) >= 11 is 0. The van der Waals surface area contributed by atoms with E-state index in [2.05, 4.69) is 70.5 Å². The van der Waals surface area contributed by atoms with Gasteiger partial charge in [-0.25, -0.2) is 0 Å². The number of benzene rings is 4. The molecule has 0 unspecified atom stereocenters. The third-order valence-corrected chi connectivity index (χ3v) is 7.54. The maximum atomic E-state index is 5.89. The monoisotopic (exact) mass is 582 g/mol. The van der Waals surface area contributed by atoms with Gasteiger partial charge in [-0.1, -0.05) is 48.5 Å². The first-order valence-electron chi connectivity index (χ1n) is 14.9. The Bertz CT molecular complexity index is 1390. The van der Waals surface area contributed by atoms with E-state index < -0.39 is 0 Å². The minimum atomic E-state index is 0.536. The predicted molar refractivity (Wildman–Crippen MR) is 171 cm³/mol. The fourth-order valence-corrected chi connectivity index (χ4v) is 5.15. The zero-order chi connectivity index (χ0) is 29.7. The van der Waals surface area contributed by atoms with Crippen LogP contribution in [-0.4, -0.2) is 53.7 Å². The second-order valence-electron chi connectivity index (χ2n) is 10.6. The Morgan fingerprint density at radius 1 is 0.628 bits per heavy atom. The maximum absolute atomic E-state index is 5.89. The molecular formula is C36H42N2O5. The first kappa shape index (κ1) is 30.4. The van der Waals surface area contributed by atoms with Crippen LogP contribution in [0, 0.1) is 0 Å². The lowest BCUT2D eigenvalue weighted by Gasteiger charge is -2.29. The van der Waals surface area contributed by atoms with Crippen molar-refractivity contribution in [2.75, 3.05) is 63.5 Å². The SMILES string of the molecule is COc1cccc(COCCOCc2ccc(N(Cc3ccc(N4CCOCC4)cc3)Cc3cccc(OC)c3)cc2)c1. The average molecular weight is 583 g/mol. The molecular weight excluding hydrogens is 540 g/mol. The minimum Gasteiger partial charge on any atom is -0.497 e. The Balaban J connectivity index is 1.17. The zero-order valence-corrected chi connectivity index (χ0v) is 25.2. The van der Waals surface area contributed by atoms with Crippen LogP contribution in [-0.2, 0) is 40.5 Å². The molecule has 4 aromatic carbocycles. The van der Waals surface area contributed by atoms with Gasteiger partial charge < -0.3 is 33.5 Å². The summed E-state index contributed by atoms with van der Waals surface area (Å²) in [5.41, 5.74) is 7.09. The van der Waals surface area contributed by atoms with Gasteiger partial charge in [0.1, 0.15) is 11.5 Å². The van der Waals surface area contributed by atoms with Crippen LogP contribution in [0.3, 0.4) is 0 Å². The number of ether oxygens (including phenoxy) is 5. The minimum absolute atomic E-state index is 0.536. The maximum Gasteiger partial charge on any atom is 0.119 e. The molecule has 0 spiro atoms. The fourth-order valence-electron chi connectivity index (χ4n) is 5.15. The quantitative estimate of drug-likeness (QED) is 0.149. The van der Waals surface area contributed by atoms with Crippen molar-refractivity contribution in [3.05, 3.63) is 119 Å². The van der Waals surface area contributed by atoms with Gasteiger partial charge in [0.05, 0.1) is 53.9 Å². The summed E-state index contributed by atoms with van der Waals surface area (Å²) in [6.07, 6.45) is 0. The molecule has 0 radical (unpaired) electrons. The Morgan fingerprint density at radius 3 is 1.84 bits per heavy atom. The van der Waals surface area contributed by atoms with Crippen molar-refractivity contribution < 1.29 is 23.7 Å². The van der Waals surface area contributed by atoms with Crippen molar-refractivity contribution in [2.45, 2.75) is 26.3 Å². The van der Waals surface area contributed by atoms with E-state index in [1.807, 2.05) is 36.4 Å². The summed E-state index contributed by atoms with van der Waals surface area (Å²) in [7, 11) is 3.38. The van der Waals surface area contributed by atoms with Crippen LogP contribution >= 0.6 is 0 Å². The first-order chi connectivity index (χ1) is 21.2. The van der Waals surface area contributed by atoms with E-state index in [0.717, 1.165) is 67.7 Å². The van der Waals surface area contributed by atoms with Gasteiger partial charge in [-0.05, 0) is 70.8 Å². The molecule has 0 aromatic heterocycles. The van der Waals surface area contributed by atoms with E-state index in [-0.39, 0.29) is 0 Å². The molecule has 1 saturated heterocycles. The normalized spacial score (nSPS) is 13.1. The van der Waals surface area contributed by atoms with E-state index in [0.29, 0.717) is 26.4 Å². The van der Waals surface area contributed by atoms with Crippen LogP contribution in [0.1, 0.15) is 22.3 Å². The van der Waals surface area contributed by atoms with Gasteiger partial charge in [0.25, 0.3) is 0 Å². The molecule has 43 heavy (non-hydrogen) atoms. The molecule has 1 fully saturated rings. The smallest absolute Gasteiger partial charge is 0.119 e. The van der Waals surface area contributed by atoms with Crippen molar-refractivity contribution >= 4 is 11.4 Å². The van der Waals surface area contributed by atoms with Gasteiger partial charge in [-0.15, -0.1) is 0 Å². The highest BCUT2D eigenvalue weighted by molar-refractivity contribution is 5.51. The van der Waals surface area contributed by atoms with Crippen molar-refractivity contribution in [1.29, 1.82) is 0 Å².